The Morgan fingerprint density at radius 3 is 2.85 bits per heavy atom. The van der Waals surface area contributed by atoms with Crippen molar-refractivity contribution in [1.29, 1.82) is 5.41 Å². The van der Waals surface area contributed by atoms with Gasteiger partial charge in [0.05, 0.1) is 5.84 Å². The van der Waals surface area contributed by atoms with E-state index in [4.69, 9.17) is 15.3 Å². The second-order valence-electron chi connectivity index (χ2n) is 5.07. The first-order chi connectivity index (χ1) is 9.72. The van der Waals surface area contributed by atoms with Gasteiger partial charge in [0, 0.05) is 19.1 Å². The number of nitrogens with one attached hydrogen (secondary N) is 1. The lowest BCUT2D eigenvalue weighted by Gasteiger charge is -2.31. The van der Waals surface area contributed by atoms with E-state index >= 15 is 0 Å². The minimum Gasteiger partial charge on any atom is -0.504 e. The molecule has 0 aliphatic carbocycles. The van der Waals surface area contributed by atoms with Gasteiger partial charge in [-0.3, -0.25) is 5.41 Å². The number of nitrogens with zero attached hydrogens (tertiary/aromatic N) is 1. The maximum atomic E-state index is 9.69. The summed E-state index contributed by atoms with van der Waals surface area (Å²) in [5.74, 6) is 1.08. The lowest BCUT2D eigenvalue weighted by molar-refractivity contribution is 0.126. The number of aliphatic hydroxyl groups excluding tert-OH is 1. The Balaban J connectivity index is 2.03. The number of phenols is 1. The highest BCUT2D eigenvalue weighted by Gasteiger charge is 2.24. The molecule has 1 unspecified atom stereocenters. The maximum Gasteiger partial charge on any atom is 0.163 e. The molecule has 0 bridgehead atoms. The van der Waals surface area contributed by atoms with Crippen molar-refractivity contribution in [3.8, 4) is 11.5 Å². The number of hydrogen-bond acceptors (Lipinski definition) is 4. The molecule has 110 valence electrons. The van der Waals surface area contributed by atoms with Crippen LogP contribution in [0.25, 0.3) is 0 Å². The number of benzene rings is 1. The van der Waals surface area contributed by atoms with Crippen molar-refractivity contribution in [2.24, 2.45) is 0 Å². The van der Waals surface area contributed by atoms with Crippen LogP contribution in [0.4, 0.5) is 0 Å². The summed E-state index contributed by atoms with van der Waals surface area (Å²) in [5, 5.41) is 27.0. The number of phenolic OH excluding ortho intramolecular Hbond substituents is 1. The van der Waals surface area contributed by atoms with E-state index in [1.54, 1.807) is 24.3 Å². The molecule has 0 spiro atoms. The minimum atomic E-state index is 0.104. The van der Waals surface area contributed by atoms with E-state index in [0.29, 0.717) is 18.0 Å². The van der Waals surface area contributed by atoms with Gasteiger partial charge in [-0.2, -0.15) is 0 Å². The van der Waals surface area contributed by atoms with Gasteiger partial charge in [0.25, 0.3) is 0 Å². The van der Waals surface area contributed by atoms with Gasteiger partial charge in [-0.15, -0.1) is 0 Å². The van der Waals surface area contributed by atoms with Gasteiger partial charge in [-0.25, -0.2) is 0 Å². The Labute approximate surface area is 119 Å². The molecule has 0 radical (unpaired) electrons. The van der Waals surface area contributed by atoms with E-state index in [1.807, 2.05) is 4.90 Å². The van der Waals surface area contributed by atoms with Crippen LogP contribution in [0.1, 0.15) is 32.1 Å². The topological polar surface area (TPSA) is 76.8 Å². The number of rotatable bonds is 5. The molecule has 0 saturated carbocycles. The van der Waals surface area contributed by atoms with Gasteiger partial charge >= 0.3 is 0 Å². The molecule has 5 heteroatoms. The number of aromatic hydroxyl groups is 1. The molecule has 0 aromatic heterocycles. The largest absolute Gasteiger partial charge is 0.504 e. The lowest BCUT2D eigenvalue weighted by Crippen LogP contribution is -2.41. The molecule has 2 rings (SSSR count). The Hall–Kier alpha value is -1.75. The zero-order valence-corrected chi connectivity index (χ0v) is 11.6. The quantitative estimate of drug-likeness (QED) is 0.772. The molecule has 1 heterocycles. The molecular formula is C15H22N2O3. The zero-order chi connectivity index (χ0) is 14.4. The highest BCUT2D eigenvalue weighted by molar-refractivity contribution is 5.79. The van der Waals surface area contributed by atoms with Crippen LogP contribution >= 0.6 is 0 Å². The SMILES string of the molecule is N=C1CCCCC(CCO)N1COc1ccccc1O. The van der Waals surface area contributed by atoms with E-state index in [9.17, 15) is 5.11 Å². The Kier molecular flexibility index (Phi) is 5.24. The highest BCUT2D eigenvalue weighted by Crippen LogP contribution is 2.26. The fraction of sp³-hybridized carbons (Fsp3) is 0.533. The summed E-state index contributed by atoms with van der Waals surface area (Å²) in [7, 11) is 0. The van der Waals surface area contributed by atoms with Crippen molar-refractivity contribution in [1.82, 2.24) is 4.90 Å². The summed E-state index contributed by atoms with van der Waals surface area (Å²) in [6.07, 6.45) is 4.43. The van der Waals surface area contributed by atoms with E-state index < -0.39 is 0 Å². The molecule has 1 aliphatic heterocycles. The van der Waals surface area contributed by atoms with Crippen molar-refractivity contribution in [3.63, 3.8) is 0 Å². The molecule has 5 nitrogen and oxygen atoms in total. The molecule has 1 aromatic rings. The zero-order valence-electron chi connectivity index (χ0n) is 11.6. The molecule has 20 heavy (non-hydrogen) atoms. The monoisotopic (exact) mass is 278 g/mol. The Bertz CT molecular complexity index is 450. The first kappa shape index (κ1) is 14.7. The molecular weight excluding hydrogens is 256 g/mol. The summed E-state index contributed by atoms with van der Waals surface area (Å²) in [6, 6.07) is 6.96. The predicted octanol–water partition coefficient (Wildman–Crippen LogP) is 2.33. The minimum absolute atomic E-state index is 0.104. The van der Waals surface area contributed by atoms with Crippen LogP contribution in [0.3, 0.4) is 0 Å². The van der Waals surface area contributed by atoms with Gasteiger partial charge in [-0.1, -0.05) is 18.6 Å². The molecule has 1 atom stereocenters. The van der Waals surface area contributed by atoms with Crippen molar-refractivity contribution < 1.29 is 14.9 Å². The molecule has 1 aliphatic rings. The fourth-order valence-corrected chi connectivity index (χ4v) is 2.54. The van der Waals surface area contributed by atoms with Crippen LogP contribution < -0.4 is 4.74 Å². The van der Waals surface area contributed by atoms with Gasteiger partial charge in [0.1, 0.15) is 0 Å². The summed E-state index contributed by atoms with van der Waals surface area (Å²) < 4.78 is 5.63. The van der Waals surface area contributed by atoms with Crippen LogP contribution in [-0.4, -0.2) is 40.3 Å². The van der Waals surface area contributed by atoms with Crippen LogP contribution in [0.2, 0.25) is 0 Å². The molecule has 0 amide bonds. The predicted molar refractivity (Wildman–Crippen MR) is 77.1 cm³/mol. The van der Waals surface area contributed by atoms with Crippen LogP contribution in [0.5, 0.6) is 11.5 Å². The Morgan fingerprint density at radius 1 is 1.30 bits per heavy atom. The molecule has 1 saturated heterocycles. The second-order valence-corrected chi connectivity index (χ2v) is 5.07. The van der Waals surface area contributed by atoms with Gasteiger partial charge in [0.15, 0.2) is 18.2 Å². The Morgan fingerprint density at radius 2 is 2.10 bits per heavy atom. The standard InChI is InChI=1S/C15H22N2O3/c16-15-8-4-1-5-12(9-10-18)17(15)11-20-14-7-3-2-6-13(14)19/h2-3,6-7,12,16,18-19H,1,4-5,8-11H2. The lowest BCUT2D eigenvalue weighted by atomic mass is 10.1. The van der Waals surface area contributed by atoms with E-state index in [-0.39, 0.29) is 25.1 Å². The van der Waals surface area contributed by atoms with Crippen LogP contribution in [-0.2, 0) is 0 Å². The third-order valence-electron chi connectivity index (χ3n) is 3.68. The smallest absolute Gasteiger partial charge is 0.163 e. The first-order valence-corrected chi connectivity index (χ1v) is 7.08. The van der Waals surface area contributed by atoms with E-state index in [0.717, 1.165) is 25.7 Å². The molecule has 3 N–H and O–H groups in total. The second kappa shape index (κ2) is 7.14. The maximum absolute atomic E-state index is 9.69. The first-order valence-electron chi connectivity index (χ1n) is 7.08. The van der Waals surface area contributed by atoms with Gasteiger partial charge in [0.2, 0.25) is 0 Å². The number of hydrogen-bond donors (Lipinski definition) is 3. The average molecular weight is 278 g/mol. The van der Waals surface area contributed by atoms with Gasteiger partial charge < -0.3 is 19.8 Å². The molecule has 1 fully saturated rings. The third kappa shape index (κ3) is 3.63. The van der Waals surface area contributed by atoms with E-state index in [2.05, 4.69) is 0 Å². The molecule has 1 aromatic carbocycles. The highest BCUT2D eigenvalue weighted by atomic mass is 16.5. The normalized spacial score (nSPS) is 19.8. The summed E-state index contributed by atoms with van der Waals surface area (Å²) in [5.41, 5.74) is 0. The number of amidine groups is 1. The number of ether oxygens (including phenoxy) is 1. The number of para-hydroxylation sites is 2. The van der Waals surface area contributed by atoms with Gasteiger partial charge in [-0.05, 0) is 31.4 Å². The van der Waals surface area contributed by atoms with Crippen molar-refractivity contribution in [2.45, 2.75) is 38.1 Å². The number of likely N-dealkylation sites (tertiary alicyclic amines) is 1. The summed E-state index contributed by atoms with van der Waals surface area (Å²) >= 11 is 0. The van der Waals surface area contributed by atoms with Crippen molar-refractivity contribution >= 4 is 5.84 Å². The number of aliphatic hydroxyl groups is 1. The summed E-state index contributed by atoms with van der Waals surface area (Å²) in [6.45, 7) is 0.353. The third-order valence-corrected chi connectivity index (χ3v) is 3.68. The fourth-order valence-electron chi connectivity index (χ4n) is 2.54. The van der Waals surface area contributed by atoms with Crippen LogP contribution in [0.15, 0.2) is 24.3 Å². The van der Waals surface area contributed by atoms with Crippen molar-refractivity contribution in [3.05, 3.63) is 24.3 Å². The van der Waals surface area contributed by atoms with Crippen molar-refractivity contribution in [2.75, 3.05) is 13.3 Å². The van der Waals surface area contributed by atoms with E-state index in [1.165, 1.54) is 0 Å². The summed E-state index contributed by atoms with van der Waals surface area (Å²) in [4.78, 5) is 1.90. The average Bonchev–Trinajstić information content (AvgIpc) is 2.61. The van der Waals surface area contributed by atoms with Crippen LogP contribution in [0, 0.1) is 5.41 Å².